The number of benzene rings is 2. The van der Waals surface area contributed by atoms with Crippen molar-refractivity contribution in [1.29, 1.82) is 0 Å². The third-order valence-electron chi connectivity index (χ3n) is 3.85. The van der Waals surface area contributed by atoms with Crippen molar-refractivity contribution in [3.63, 3.8) is 0 Å². The summed E-state index contributed by atoms with van der Waals surface area (Å²) in [6.07, 6.45) is -4.33. The molecule has 1 atom stereocenters. The third-order valence-corrected chi connectivity index (χ3v) is 4.91. The molecule has 142 valence electrons. The molecule has 0 fully saturated rings. The zero-order valence-corrected chi connectivity index (χ0v) is 15.2. The monoisotopic (exact) mass is 394 g/mol. The molecular formula is C19H17F3N2O2S. The number of hydrogen-bond acceptors (Lipinski definition) is 4. The highest BCUT2D eigenvalue weighted by molar-refractivity contribution is 8.00. The predicted molar refractivity (Wildman–Crippen MR) is 97.5 cm³/mol. The van der Waals surface area contributed by atoms with Crippen LogP contribution in [-0.4, -0.2) is 27.8 Å². The number of thioether (sulfide) groups is 1. The second-order valence-electron chi connectivity index (χ2n) is 5.82. The Kier molecular flexibility index (Phi) is 5.74. The molecule has 0 saturated carbocycles. The molecule has 0 amide bonds. The number of aromatic nitrogens is 2. The van der Waals surface area contributed by atoms with Gasteiger partial charge in [0.15, 0.2) is 5.16 Å². The van der Waals surface area contributed by atoms with Crippen molar-refractivity contribution in [2.45, 2.75) is 29.9 Å². The van der Waals surface area contributed by atoms with Gasteiger partial charge in [-0.1, -0.05) is 42.1 Å². The Hall–Kier alpha value is -2.48. The van der Waals surface area contributed by atoms with Gasteiger partial charge in [0.2, 0.25) is 0 Å². The number of hydrogen-bond donors (Lipinski definition) is 1. The Morgan fingerprint density at radius 3 is 2.70 bits per heavy atom. The zero-order valence-electron chi connectivity index (χ0n) is 14.4. The van der Waals surface area contributed by atoms with Gasteiger partial charge in [-0.3, -0.25) is 4.79 Å². The lowest BCUT2D eigenvalue weighted by Crippen LogP contribution is -2.23. The number of H-pyrrole nitrogens is 1. The molecule has 0 bridgehead atoms. The fourth-order valence-corrected chi connectivity index (χ4v) is 3.65. The summed E-state index contributed by atoms with van der Waals surface area (Å²) in [5.41, 5.74) is 1.24. The minimum Gasteiger partial charge on any atom is -0.465 e. The number of nitrogens with zero attached hydrogens (tertiary/aromatic N) is 1. The number of para-hydroxylation sites is 2. The van der Waals surface area contributed by atoms with E-state index in [1.807, 2.05) is 24.3 Å². The van der Waals surface area contributed by atoms with Crippen molar-refractivity contribution in [1.82, 2.24) is 9.97 Å². The first-order valence-corrected chi connectivity index (χ1v) is 9.19. The number of imidazole rings is 1. The van der Waals surface area contributed by atoms with E-state index in [0.29, 0.717) is 10.7 Å². The maximum absolute atomic E-state index is 12.9. The van der Waals surface area contributed by atoms with Crippen LogP contribution in [0.2, 0.25) is 0 Å². The number of rotatable bonds is 6. The molecule has 27 heavy (non-hydrogen) atoms. The molecule has 0 aliphatic carbocycles. The van der Waals surface area contributed by atoms with Crippen LogP contribution < -0.4 is 0 Å². The number of aromatic amines is 1. The molecule has 0 aliphatic rings. The molecule has 0 spiro atoms. The summed E-state index contributed by atoms with van der Waals surface area (Å²) in [6.45, 7) is 1.88. The molecular weight excluding hydrogens is 377 g/mol. The fraction of sp³-hybridized carbons (Fsp3) is 0.263. The van der Waals surface area contributed by atoms with Gasteiger partial charge in [0, 0.05) is 0 Å². The molecule has 0 aliphatic heterocycles. The van der Waals surface area contributed by atoms with Crippen molar-refractivity contribution < 1.29 is 22.7 Å². The Balaban J connectivity index is 1.84. The first-order chi connectivity index (χ1) is 12.9. The van der Waals surface area contributed by atoms with Crippen LogP contribution in [0.15, 0.2) is 53.7 Å². The molecule has 1 unspecified atom stereocenters. The Bertz CT molecular complexity index is 907. The average molecular weight is 394 g/mol. The molecule has 0 radical (unpaired) electrons. The summed E-state index contributed by atoms with van der Waals surface area (Å²) in [6, 6.07) is 12.4. The Morgan fingerprint density at radius 1 is 1.22 bits per heavy atom. The van der Waals surface area contributed by atoms with Crippen LogP contribution in [0.1, 0.15) is 18.1 Å². The number of alkyl halides is 3. The van der Waals surface area contributed by atoms with E-state index in [-0.39, 0.29) is 13.0 Å². The molecule has 3 rings (SSSR count). The van der Waals surface area contributed by atoms with Crippen LogP contribution in [0.4, 0.5) is 13.2 Å². The van der Waals surface area contributed by atoms with Crippen LogP contribution in [0.3, 0.4) is 0 Å². The molecule has 2 aromatic carbocycles. The first-order valence-electron chi connectivity index (χ1n) is 8.31. The van der Waals surface area contributed by atoms with Gasteiger partial charge >= 0.3 is 12.1 Å². The summed E-state index contributed by atoms with van der Waals surface area (Å²) in [4.78, 5) is 19.9. The SMILES string of the molecule is CCOC(=O)C(Cc1cccc(C(F)(F)F)c1)Sc1nc2ccccc2[nH]1. The van der Waals surface area contributed by atoms with Crippen molar-refractivity contribution in [3.8, 4) is 0 Å². The van der Waals surface area contributed by atoms with E-state index in [1.54, 1.807) is 13.0 Å². The molecule has 8 heteroatoms. The average Bonchev–Trinajstić information content (AvgIpc) is 3.03. The number of ether oxygens (including phenoxy) is 1. The standard InChI is InChI=1S/C19H17F3N2O2S/c1-2-26-17(25)16(11-12-6-5-7-13(10-12)19(20,21)22)27-18-23-14-8-3-4-9-15(14)24-18/h3-10,16H,2,11H2,1H3,(H,23,24). The van der Waals surface area contributed by atoms with Gasteiger partial charge in [-0.25, -0.2) is 4.98 Å². The highest BCUT2D eigenvalue weighted by Crippen LogP contribution is 2.31. The quantitative estimate of drug-likeness (QED) is 0.480. The predicted octanol–water partition coefficient (Wildman–Crippen LogP) is 4.85. The number of halogens is 3. The molecule has 4 nitrogen and oxygen atoms in total. The van der Waals surface area contributed by atoms with Crippen molar-refractivity contribution in [2.75, 3.05) is 6.61 Å². The van der Waals surface area contributed by atoms with Crippen molar-refractivity contribution in [3.05, 3.63) is 59.7 Å². The van der Waals surface area contributed by atoms with Crippen molar-refractivity contribution in [2.24, 2.45) is 0 Å². The van der Waals surface area contributed by atoms with Gasteiger partial charge in [0.25, 0.3) is 0 Å². The van der Waals surface area contributed by atoms with Gasteiger partial charge in [0.1, 0.15) is 5.25 Å². The third kappa shape index (κ3) is 4.82. The molecule has 0 saturated heterocycles. The van der Waals surface area contributed by atoms with Crippen LogP contribution >= 0.6 is 11.8 Å². The van der Waals surface area contributed by atoms with E-state index >= 15 is 0 Å². The van der Waals surface area contributed by atoms with E-state index < -0.39 is 23.0 Å². The second kappa shape index (κ2) is 8.04. The minimum absolute atomic E-state index is 0.102. The zero-order chi connectivity index (χ0) is 19.4. The lowest BCUT2D eigenvalue weighted by Gasteiger charge is -2.15. The lowest BCUT2D eigenvalue weighted by atomic mass is 10.1. The fourth-order valence-electron chi connectivity index (χ4n) is 2.62. The number of esters is 1. The minimum atomic E-state index is -4.43. The van der Waals surface area contributed by atoms with Gasteiger partial charge in [-0.15, -0.1) is 0 Å². The summed E-state index contributed by atoms with van der Waals surface area (Å²) >= 11 is 1.15. The van der Waals surface area contributed by atoms with E-state index in [2.05, 4.69) is 9.97 Å². The summed E-state index contributed by atoms with van der Waals surface area (Å²) in [5.74, 6) is -0.486. The van der Waals surface area contributed by atoms with E-state index in [9.17, 15) is 18.0 Å². The van der Waals surface area contributed by atoms with E-state index in [4.69, 9.17) is 4.74 Å². The Labute approximate surface area is 158 Å². The molecule has 1 aromatic heterocycles. The number of nitrogens with one attached hydrogen (secondary N) is 1. The van der Waals surface area contributed by atoms with Crippen molar-refractivity contribution >= 4 is 28.8 Å². The van der Waals surface area contributed by atoms with Crippen LogP contribution in [0, 0.1) is 0 Å². The van der Waals surface area contributed by atoms with Gasteiger partial charge in [0.05, 0.1) is 23.2 Å². The van der Waals surface area contributed by atoms with Crippen LogP contribution in [0.25, 0.3) is 11.0 Å². The first kappa shape index (κ1) is 19.3. The number of carbonyl (C=O) groups is 1. The highest BCUT2D eigenvalue weighted by atomic mass is 32.2. The van der Waals surface area contributed by atoms with Gasteiger partial charge in [-0.2, -0.15) is 13.2 Å². The maximum Gasteiger partial charge on any atom is 0.416 e. The molecule has 3 aromatic rings. The number of carbonyl (C=O) groups excluding carboxylic acids is 1. The second-order valence-corrected chi connectivity index (χ2v) is 7.01. The highest BCUT2D eigenvalue weighted by Gasteiger charge is 2.31. The van der Waals surface area contributed by atoms with Gasteiger partial charge in [-0.05, 0) is 37.1 Å². The topological polar surface area (TPSA) is 55.0 Å². The lowest BCUT2D eigenvalue weighted by molar-refractivity contribution is -0.142. The van der Waals surface area contributed by atoms with E-state index in [1.165, 1.54) is 6.07 Å². The summed E-state index contributed by atoms with van der Waals surface area (Å²) in [7, 11) is 0. The summed E-state index contributed by atoms with van der Waals surface area (Å²) < 4.78 is 43.9. The largest absolute Gasteiger partial charge is 0.465 e. The van der Waals surface area contributed by atoms with Crippen LogP contribution in [-0.2, 0) is 22.1 Å². The summed E-state index contributed by atoms with van der Waals surface area (Å²) in [5, 5.41) is -0.199. The van der Waals surface area contributed by atoms with E-state index in [0.717, 1.165) is 34.9 Å². The van der Waals surface area contributed by atoms with Crippen LogP contribution in [0.5, 0.6) is 0 Å². The maximum atomic E-state index is 12.9. The normalized spacial score (nSPS) is 12.9. The molecule has 1 heterocycles. The molecule has 1 N–H and O–H groups in total. The Morgan fingerprint density at radius 2 is 2.00 bits per heavy atom. The smallest absolute Gasteiger partial charge is 0.416 e. The number of fused-ring (bicyclic) bond motifs is 1. The van der Waals surface area contributed by atoms with Gasteiger partial charge < -0.3 is 9.72 Å².